The van der Waals surface area contributed by atoms with Crippen LogP contribution in [0.3, 0.4) is 0 Å². The summed E-state index contributed by atoms with van der Waals surface area (Å²) in [4.78, 5) is 27.1. The summed E-state index contributed by atoms with van der Waals surface area (Å²) in [6.45, 7) is 5.03. The van der Waals surface area contributed by atoms with Crippen molar-refractivity contribution < 1.29 is 14.3 Å². The Kier molecular flexibility index (Phi) is 4.55. The van der Waals surface area contributed by atoms with Gasteiger partial charge in [-0.1, -0.05) is 0 Å². The lowest BCUT2D eigenvalue weighted by Gasteiger charge is -2.11. The number of pyridine rings is 1. The molecule has 6 nitrogen and oxygen atoms in total. The number of hydrogen-bond acceptors (Lipinski definition) is 4. The predicted molar refractivity (Wildman–Crippen MR) is 89.8 cm³/mol. The predicted octanol–water partition coefficient (Wildman–Crippen LogP) is 2.08. The molecule has 6 heteroatoms. The van der Waals surface area contributed by atoms with Gasteiger partial charge in [0.2, 0.25) is 0 Å². The van der Waals surface area contributed by atoms with Gasteiger partial charge in [0.25, 0.3) is 11.5 Å². The molecular formula is C18H20N2O4. The number of fused-ring (bicyclic) bond motifs is 1. The summed E-state index contributed by atoms with van der Waals surface area (Å²) in [6, 6.07) is 6.98. The van der Waals surface area contributed by atoms with Crippen LogP contribution >= 0.6 is 0 Å². The van der Waals surface area contributed by atoms with E-state index in [1.807, 2.05) is 19.9 Å². The van der Waals surface area contributed by atoms with Crippen molar-refractivity contribution in [2.75, 3.05) is 13.2 Å². The number of rotatable bonds is 3. The summed E-state index contributed by atoms with van der Waals surface area (Å²) in [5.41, 5.74) is 2.51. The summed E-state index contributed by atoms with van der Waals surface area (Å²) >= 11 is 0. The lowest BCUT2D eigenvalue weighted by molar-refractivity contribution is 0.0950. The molecule has 0 bridgehead atoms. The van der Waals surface area contributed by atoms with Crippen LogP contribution in [-0.4, -0.2) is 24.1 Å². The molecule has 0 radical (unpaired) electrons. The second kappa shape index (κ2) is 6.78. The van der Waals surface area contributed by atoms with Gasteiger partial charge < -0.3 is 19.8 Å². The van der Waals surface area contributed by atoms with Gasteiger partial charge in [-0.3, -0.25) is 9.59 Å². The van der Waals surface area contributed by atoms with E-state index in [1.165, 1.54) is 0 Å². The highest BCUT2D eigenvalue weighted by molar-refractivity contribution is 5.94. The Morgan fingerprint density at radius 3 is 2.67 bits per heavy atom. The van der Waals surface area contributed by atoms with Crippen LogP contribution in [0.15, 0.2) is 29.1 Å². The Balaban J connectivity index is 1.74. The normalized spacial score (nSPS) is 13.2. The van der Waals surface area contributed by atoms with Gasteiger partial charge in [-0.2, -0.15) is 0 Å². The summed E-state index contributed by atoms with van der Waals surface area (Å²) in [6.07, 6.45) is 0.811. The molecule has 1 aliphatic rings. The van der Waals surface area contributed by atoms with Gasteiger partial charge in [0, 0.05) is 29.8 Å². The average Bonchev–Trinajstić information content (AvgIpc) is 2.78. The number of ether oxygens (including phenoxy) is 2. The van der Waals surface area contributed by atoms with E-state index < -0.39 is 0 Å². The number of aromatic amines is 1. The minimum absolute atomic E-state index is 0.175. The van der Waals surface area contributed by atoms with E-state index in [2.05, 4.69) is 10.3 Å². The third-order valence-corrected chi connectivity index (χ3v) is 3.93. The monoisotopic (exact) mass is 328 g/mol. The fraction of sp³-hybridized carbons (Fsp3) is 0.333. The second-order valence-electron chi connectivity index (χ2n) is 5.84. The van der Waals surface area contributed by atoms with Gasteiger partial charge in [0.15, 0.2) is 11.5 Å². The maximum Gasteiger partial charge on any atom is 0.253 e. The van der Waals surface area contributed by atoms with Crippen molar-refractivity contribution in [3.05, 3.63) is 57.0 Å². The largest absolute Gasteiger partial charge is 0.490 e. The number of benzene rings is 1. The van der Waals surface area contributed by atoms with E-state index in [4.69, 9.17) is 9.47 Å². The lowest BCUT2D eigenvalue weighted by atomic mass is 10.1. The highest BCUT2D eigenvalue weighted by Gasteiger charge is 2.15. The van der Waals surface area contributed by atoms with E-state index in [0.717, 1.165) is 17.7 Å². The molecule has 0 spiro atoms. The molecule has 3 rings (SSSR count). The van der Waals surface area contributed by atoms with Gasteiger partial charge in [-0.25, -0.2) is 0 Å². The molecule has 0 unspecified atom stereocenters. The first-order valence-electron chi connectivity index (χ1n) is 7.92. The van der Waals surface area contributed by atoms with E-state index in [1.54, 1.807) is 18.2 Å². The zero-order valence-corrected chi connectivity index (χ0v) is 13.8. The molecule has 0 saturated carbocycles. The summed E-state index contributed by atoms with van der Waals surface area (Å²) in [5.74, 6) is 0.962. The topological polar surface area (TPSA) is 80.4 Å². The van der Waals surface area contributed by atoms with Crippen molar-refractivity contribution in [3.63, 3.8) is 0 Å². The fourth-order valence-electron chi connectivity index (χ4n) is 2.68. The van der Waals surface area contributed by atoms with Crippen molar-refractivity contribution in [1.29, 1.82) is 0 Å². The molecule has 0 saturated heterocycles. The molecule has 1 aromatic heterocycles. The minimum Gasteiger partial charge on any atom is -0.490 e. The Hall–Kier alpha value is -2.76. The fourth-order valence-corrected chi connectivity index (χ4v) is 2.68. The van der Waals surface area contributed by atoms with Crippen LogP contribution in [-0.2, 0) is 6.54 Å². The van der Waals surface area contributed by atoms with Crippen LogP contribution < -0.4 is 20.3 Å². The Morgan fingerprint density at radius 2 is 1.92 bits per heavy atom. The number of H-pyrrole nitrogens is 1. The quantitative estimate of drug-likeness (QED) is 0.904. The number of hydrogen-bond donors (Lipinski definition) is 2. The average molecular weight is 328 g/mol. The van der Waals surface area contributed by atoms with E-state index in [9.17, 15) is 9.59 Å². The molecule has 1 aliphatic heterocycles. The molecule has 2 aromatic rings. The van der Waals surface area contributed by atoms with Crippen molar-refractivity contribution in [1.82, 2.24) is 10.3 Å². The van der Waals surface area contributed by atoms with Crippen molar-refractivity contribution >= 4 is 5.91 Å². The number of nitrogens with one attached hydrogen (secondary N) is 2. The van der Waals surface area contributed by atoms with E-state index in [0.29, 0.717) is 35.8 Å². The van der Waals surface area contributed by atoms with Gasteiger partial charge >= 0.3 is 0 Å². The summed E-state index contributed by atoms with van der Waals surface area (Å²) in [5, 5.41) is 2.78. The molecular weight excluding hydrogens is 308 g/mol. The van der Waals surface area contributed by atoms with Gasteiger partial charge in [-0.05, 0) is 43.7 Å². The van der Waals surface area contributed by atoms with Crippen LogP contribution in [0, 0.1) is 13.8 Å². The van der Waals surface area contributed by atoms with Crippen molar-refractivity contribution in [2.45, 2.75) is 26.8 Å². The number of carbonyl (C=O) groups excluding carboxylic acids is 1. The molecule has 1 aromatic carbocycles. The van der Waals surface area contributed by atoms with Crippen molar-refractivity contribution in [3.8, 4) is 11.5 Å². The molecule has 2 N–H and O–H groups in total. The Bertz CT molecular complexity index is 826. The maximum atomic E-state index is 12.4. The first kappa shape index (κ1) is 16.1. The molecule has 0 atom stereocenters. The molecule has 2 heterocycles. The van der Waals surface area contributed by atoms with Crippen LogP contribution in [0.4, 0.5) is 0 Å². The summed E-state index contributed by atoms with van der Waals surface area (Å²) in [7, 11) is 0. The van der Waals surface area contributed by atoms with Crippen LogP contribution in [0.1, 0.15) is 33.6 Å². The number of amides is 1. The Morgan fingerprint density at radius 1 is 1.17 bits per heavy atom. The first-order chi connectivity index (χ1) is 11.5. The smallest absolute Gasteiger partial charge is 0.253 e. The molecule has 0 fully saturated rings. The number of aromatic nitrogens is 1. The first-order valence-corrected chi connectivity index (χ1v) is 7.92. The van der Waals surface area contributed by atoms with Crippen LogP contribution in [0.25, 0.3) is 0 Å². The Labute approximate surface area is 139 Å². The van der Waals surface area contributed by atoms with Crippen LogP contribution in [0.2, 0.25) is 0 Å². The summed E-state index contributed by atoms with van der Waals surface area (Å²) < 4.78 is 11.1. The van der Waals surface area contributed by atoms with E-state index in [-0.39, 0.29) is 18.0 Å². The van der Waals surface area contributed by atoms with Gasteiger partial charge in [-0.15, -0.1) is 0 Å². The standard InChI is InChI=1S/C18H20N2O4/c1-11-8-12(2)20-18(22)14(11)10-19-17(21)13-4-5-15-16(9-13)24-7-3-6-23-15/h4-5,8-9H,3,6-7,10H2,1-2H3,(H,19,21)(H,20,22). The highest BCUT2D eigenvalue weighted by Crippen LogP contribution is 2.30. The molecule has 1 amide bonds. The molecule has 126 valence electrons. The SMILES string of the molecule is Cc1cc(C)c(CNC(=O)c2ccc3c(c2)OCCCO3)c(=O)[nH]1. The van der Waals surface area contributed by atoms with Gasteiger partial charge in [0.05, 0.1) is 13.2 Å². The zero-order valence-electron chi connectivity index (χ0n) is 13.8. The van der Waals surface area contributed by atoms with Gasteiger partial charge in [0.1, 0.15) is 0 Å². The van der Waals surface area contributed by atoms with E-state index >= 15 is 0 Å². The maximum absolute atomic E-state index is 12.4. The second-order valence-corrected chi connectivity index (χ2v) is 5.84. The lowest BCUT2D eigenvalue weighted by Crippen LogP contribution is -2.27. The third-order valence-electron chi connectivity index (χ3n) is 3.93. The zero-order chi connectivity index (χ0) is 17.1. The number of carbonyl (C=O) groups is 1. The third kappa shape index (κ3) is 3.42. The van der Waals surface area contributed by atoms with Crippen molar-refractivity contribution in [2.24, 2.45) is 0 Å². The van der Waals surface area contributed by atoms with Crippen LogP contribution in [0.5, 0.6) is 11.5 Å². The minimum atomic E-state index is -0.259. The molecule has 24 heavy (non-hydrogen) atoms. The number of aryl methyl sites for hydroxylation is 2. The molecule has 0 aliphatic carbocycles. The highest BCUT2D eigenvalue weighted by atomic mass is 16.5.